The van der Waals surface area contributed by atoms with Crippen molar-refractivity contribution < 1.29 is 0 Å². The second kappa shape index (κ2) is 5.87. The minimum absolute atomic E-state index is 0. The van der Waals surface area contributed by atoms with Crippen molar-refractivity contribution in [2.45, 2.75) is 38.6 Å². The van der Waals surface area contributed by atoms with Crippen LogP contribution in [0.5, 0.6) is 0 Å². The Hall–Kier alpha value is -0.540. The minimum Gasteiger partial charge on any atom is -0.347 e. The molecule has 3 rings (SSSR count). The van der Waals surface area contributed by atoms with Crippen molar-refractivity contribution in [3.8, 4) is 0 Å². The van der Waals surface area contributed by atoms with Crippen LogP contribution in [-0.2, 0) is 6.54 Å². The molecule has 2 saturated carbocycles. The predicted octanol–water partition coefficient (Wildman–Crippen LogP) is 2.75. The topological polar surface area (TPSA) is 40.7 Å². The van der Waals surface area contributed by atoms with Gasteiger partial charge in [0.15, 0.2) is 0 Å². The van der Waals surface area contributed by atoms with Gasteiger partial charge in [-0.05, 0) is 50.0 Å². The number of aromatic amines is 1. The van der Waals surface area contributed by atoms with Gasteiger partial charge in [-0.1, -0.05) is 6.42 Å². The summed E-state index contributed by atoms with van der Waals surface area (Å²) in [5.41, 5.74) is 1.19. The summed E-state index contributed by atoms with van der Waals surface area (Å²) >= 11 is 0. The third-order valence-corrected chi connectivity index (χ3v) is 4.45. The Labute approximate surface area is 109 Å². The molecular weight excluding hydrogens is 234 g/mol. The van der Waals surface area contributed by atoms with E-state index in [-0.39, 0.29) is 12.4 Å². The summed E-state index contributed by atoms with van der Waals surface area (Å²) in [5, 5.41) is 3.50. The third-order valence-electron chi connectivity index (χ3n) is 4.45. The van der Waals surface area contributed by atoms with Gasteiger partial charge in [0.2, 0.25) is 0 Å². The largest absolute Gasteiger partial charge is 0.347 e. The van der Waals surface area contributed by atoms with Crippen molar-refractivity contribution >= 4 is 12.4 Å². The van der Waals surface area contributed by atoms with Crippen LogP contribution >= 0.6 is 12.4 Å². The highest BCUT2D eigenvalue weighted by Crippen LogP contribution is 2.49. The van der Waals surface area contributed by atoms with Gasteiger partial charge in [-0.15, -0.1) is 12.4 Å². The van der Waals surface area contributed by atoms with Gasteiger partial charge in [0, 0.05) is 18.4 Å². The lowest BCUT2D eigenvalue weighted by Gasteiger charge is -2.21. The Morgan fingerprint density at radius 1 is 1.35 bits per heavy atom. The maximum absolute atomic E-state index is 4.01. The Morgan fingerprint density at radius 3 is 2.94 bits per heavy atom. The smallest absolute Gasteiger partial charge is 0.0922 e. The van der Waals surface area contributed by atoms with Crippen molar-refractivity contribution in [2.24, 2.45) is 17.8 Å². The number of H-pyrrole nitrogens is 1. The van der Waals surface area contributed by atoms with Crippen molar-refractivity contribution in [1.29, 1.82) is 0 Å². The number of nitrogens with zero attached hydrogens (tertiary/aromatic N) is 1. The van der Waals surface area contributed by atoms with Gasteiger partial charge in [-0.25, -0.2) is 4.98 Å². The Morgan fingerprint density at radius 2 is 2.29 bits per heavy atom. The van der Waals surface area contributed by atoms with Crippen LogP contribution in [0.25, 0.3) is 0 Å². The Kier molecular flexibility index (Phi) is 4.46. The zero-order chi connectivity index (χ0) is 10.8. The van der Waals surface area contributed by atoms with Gasteiger partial charge in [0.05, 0.1) is 6.33 Å². The molecule has 0 spiro atoms. The van der Waals surface area contributed by atoms with Crippen LogP contribution in [-0.4, -0.2) is 16.5 Å². The fourth-order valence-electron chi connectivity index (χ4n) is 3.62. The highest BCUT2D eigenvalue weighted by molar-refractivity contribution is 5.85. The highest BCUT2D eigenvalue weighted by Gasteiger charge is 2.38. The van der Waals surface area contributed by atoms with Gasteiger partial charge < -0.3 is 10.3 Å². The first-order chi connectivity index (χ1) is 7.92. The normalized spacial score (nSPS) is 30.5. The first kappa shape index (κ1) is 12.9. The summed E-state index contributed by atoms with van der Waals surface area (Å²) < 4.78 is 0. The summed E-state index contributed by atoms with van der Waals surface area (Å²) in [6.07, 6.45) is 11.1. The zero-order valence-corrected chi connectivity index (χ0v) is 11.0. The number of nitrogens with one attached hydrogen (secondary N) is 2. The van der Waals surface area contributed by atoms with Gasteiger partial charge in [-0.2, -0.15) is 0 Å². The molecule has 0 aliphatic heterocycles. The van der Waals surface area contributed by atoms with Crippen molar-refractivity contribution in [3.63, 3.8) is 0 Å². The number of aromatic nitrogens is 2. The average molecular weight is 256 g/mol. The molecule has 0 radical (unpaired) electrons. The summed E-state index contributed by atoms with van der Waals surface area (Å²) in [4.78, 5) is 7.13. The third kappa shape index (κ3) is 3.02. The molecule has 2 aliphatic carbocycles. The minimum atomic E-state index is 0. The predicted molar refractivity (Wildman–Crippen MR) is 71.1 cm³/mol. The molecule has 2 bridgehead atoms. The first-order valence-electron chi connectivity index (χ1n) is 6.60. The fraction of sp³-hybridized carbons (Fsp3) is 0.769. The molecule has 2 aliphatic rings. The second-order valence-corrected chi connectivity index (χ2v) is 5.48. The summed E-state index contributed by atoms with van der Waals surface area (Å²) in [5.74, 6) is 3.18. The lowest BCUT2D eigenvalue weighted by molar-refractivity contribution is 0.310. The van der Waals surface area contributed by atoms with Crippen LogP contribution in [0.3, 0.4) is 0 Å². The van der Waals surface area contributed by atoms with E-state index in [1.165, 1.54) is 37.8 Å². The molecule has 1 heterocycles. The molecule has 1 aromatic rings. The van der Waals surface area contributed by atoms with Crippen LogP contribution in [0, 0.1) is 17.8 Å². The quantitative estimate of drug-likeness (QED) is 0.795. The first-order valence-corrected chi connectivity index (χ1v) is 6.60. The van der Waals surface area contributed by atoms with Gasteiger partial charge in [0.1, 0.15) is 0 Å². The van der Waals surface area contributed by atoms with Crippen LogP contribution in [0.1, 0.15) is 37.8 Å². The zero-order valence-electron chi connectivity index (χ0n) is 10.2. The van der Waals surface area contributed by atoms with Crippen LogP contribution in [0.4, 0.5) is 0 Å². The van der Waals surface area contributed by atoms with Gasteiger partial charge in [0.25, 0.3) is 0 Å². The van der Waals surface area contributed by atoms with Crippen LogP contribution < -0.4 is 5.32 Å². The molecule has 0 saturated heterocycles. The molecule has 0 amide bonds. The number of imidazole rings is 1. The summed E-state index contributed by atoms with van der Waals surface area (Å²) in [7, 11) is 0. The SMILES string of the molecule is Cl.c1ncc(CNCCC2CC3CCC2C3)[nH]1. The van der Waals surface area contributed by atoms with Crippen molar-refractivity contribution in [3.05, 3.63) is 18.2 Å². The van der Waals surface area contributed by atoms with E-state index in [1.54, 1.807) is 6.33 Å². The van der Waals surface area contributed by atoms with E-state index >= 15 is 0 Å². The molecule has 2 fully saturated rings. The summed E-state index contributed by atoms with van der Waals surface area (Å²) in [6, 6.07) is 0. The van der Waals surface area contributed by atoms with E-state index < -0.39 is 0 Å². The van der Waals surface area contributed by atoms with Crippen LogP contribution in [0.2, 0.25) is 0 Å². The molecule has 3 nitrogen and oxygen atoms in total. The molecule has 3 atom stereocenters. The number of hydrogen-bond acceptors (Lipinski definition) is 2. The van der Waals surface area contributed by atoms with E-state index in [0.29, 0.717) is 0 Å². The van der Waals surface area contributed by atoms with Crippen molar-refractivity contribution in [1.82, 2.24) is 15.3 Å². The van der Waals surface area contributed by atoms with E-state index in [0.717, 1.165) is 30.8 Å². The van der Waals surface area contributed by atoms with Crippen LogP contribution in [0.15, 0.2) is 12.5 Å². The van der Waals surface area contributed by atoms with E-state index in [2.05, 4.69) is 15.3 Å². The fourth-order valence-corrected chi connectivity index (χ4v) is 3.62. The molecule has 1 aromatic heterocycles. The molecule has 3 unspecified atom stereocenters. The van der Waals surface area contributed by atoms with Gasteiger partial charge in [-0.3, -0.25) is 0 Å². The monoisotopic (exact) mass is 255 g/mol. The number of hydrogen-bond donors (Lipinski definition) is 2. The summed E-state index contributed by atoms with van der Waals surface area (Å²) in [6.45, 7) is 2.09. The Bertz CT molecular complexity index is 325. The van der Waals surface area contributed by atoms with E-state index in [4.69, 9.17) is 0 Å². The van der Waals surface area contributed by atoms with Gasteiger partial charge >= 0.3 is 0 Å². The lowest BCUT2D eigenvalue weighted by atomic mass is 9.86. The number of fused-ring (bicyclic) bond motifs is 2. The standard InChI is InChI=1S/C13H21N3.ClH/c1-2-11-5-10(1)6-12(11)3-4-14-7-13-8-15-9-16-13;/h8-12,14H,1-7H2,(H,15,16);1H. The number of rotatable bonds is 5. The molecule has 96 valence electrons. The molecule has 4 heteroatoms. The number of halogens is 1. The average Bonchev–Trinajstić information content (AvgIpc) is 3.01. The lowest BCUT2D eigenvalue weighted by Crippen LogP contribution is -2.20. The van der Waals surface area contributed by atoms with Crippen molar-refractivity contribution in [2.75, 3.05) is 6.54 Å². The van der Waals surface area contributed by atoms with E-state index in [9.17, 15) is 0 Å². The highest BCUT2D eigenvalue weighted by atomic mass is 35.5. The maximum atomic E-state index is 4.01. The Balaban J connectivity index is 0.00000108. The molecule has 0 aromatic carbocycles. The molecule has 2 N–H and O–H groups in total. The molecular formula is C13H22ClN3. The van der Waals surface area contributed by atoms with E-state index in [1.807, 2.05) is 6.20 Å². The molecule has 17 heavy (non-hydrogen) atoms. The maximum Gasteiger partial charge on any atom is 0.0922 e. The second-order valence-electron chi connectivity index (χ2n) is 5.48.